The summed E-state index contributed by atoms with van der Waals surface area (Å²) in [6.45, 7) is 13.7. The molecule has 10 aliphatic rings. The van der Waals surface area contributed by atoms with Crippen LogP contribution in [0.15, 0.2) is 11.3 Å². The van der Waals surface area contributed by atoms with Crippen molar-refractivity contribution in [2.45, 2.75) is 166 Å². The molecule has 296 valence electrons. The summed E-state index contributed by atoms with van der Waals surface area (Å²) in [6, 6.07) is 0. The Morgan fingerprint density at radius 3 is 2.02 bits per heavy atom. The minimum absolute atomic E-state index is 0.0213. The van der Waals surface area contributed by atoms with E-state index >= 15 is 0 Å². The number of hydrogen-bond donors (Lipinski definition) is 0. The molecule has 0 radical (unpaired) electrons. The third kappa shape index (κ3) is 6.01. The molecule has 2 aliphatic carbocycles. The fourth-order valence-corrected chi connectivity index (χ4v) is 11.6. The number of ether oxygens (including phenoxy) is 5. The highest BCUT2D eigenvalue weighted by molar-refractivity contribution is 5.29. The van der Waals surface area contributed by atoms with E-state index in [1.165, 1.54) is 0 Å². The number of alkyl halides is 3. The molecule has 2 unspecified atom stereocenters. The molecule has 10 nitrogen and oxygen atoms in total. The Labute approximate surface area is 306 Å². The fraction of sp³-hybridized carbons (Fsp3) is 0.949. The van der Waals surface area contributed by atoms with E-state index < -0.39 is 59.0 Å². The number of halogens is 3. The van der Waals surface area contributed by atoms with Gasteiger partial charge in [-0.3, -0.25) is 0 Å². The zero-order valence-electron chi connectivity index (χ0n) is 32.1. The number of unbranched alkanes of at least 4 members (excludes halogenated alkanes) is 3. The summed E-state index contributed by atoms with van der Waals surface area (Å²) in [4.78, 5) is 26.2. The van der Waals surface area contributed by atoms with Gasteiger partial charge >= 0.3 is 6.18 Å². The number of fused-ring (bicyclic) bond motifs is 4. The normalized spacial score (nSPS) is 49.6. The van der Waals surface area contributed by atoms with Crippen molar-refractivity contribution in [3.63, 3.8) is 0 Å². The summed E-state index contributed by atoms with van der Waals surface area (Å²) >= 11 is 0. The molecule has 2 saturated carbocycles. The molecule has 7 saturated heterocycles. The van der Waals surface area contributed by atoms with E-state index in [0.717, 1.165) is 64.2 Å². The Kier molecular flexibility index (Phi) is 9.68. The number of allylic oxidation sites excluding steroid dienone is 1. The molecule has 0 amide bonds. The zero-order valence-corrected chi connectivity index (χ0v) is 32.1. The van der Waals surface area contributed by atoms with Gasteiger partial charge in [0.25, 0.3) is 0 Å². The molecule has 0 aromatic heterocycles. The number of likely N-dealkylation sites (N-methyl/N-ethyl adjacent to an activating group) is 1. The first kappa shape index (κ1) is 37.9. The van der Waals surface area contributed by atoms with Crippen LogP contribution in [0.4, 0.5) is 13.2 Å². The lowest BCUT2D eigenvalue weighted by Gasteiger charge is -2.62. The predicted molar refractivity (Wildman–Crippen MR) is 180 cm³/mol. The Morgan fingerprint density at radius 1 is 0.712 bits per heavy atom. The molecule has 0 aromatic rings. The Morgan fingerprint density at radius 2 is 1.33 bits per heavy atom. The van der Waals surface area contributed by atoms with Gasteiger partial charge in [0.15, 0.2) is 23.3 Å². The van der Waals surface area contributed by atoms with Crippen molar-refractivity contribution in [2.24, 2.45) is 41.4 Å². The Balaban J connectivity index is 0.857. The smallest absolute Gasteiger partial charge is 0.449 e. The van der Waals surface area contributed by atoms with Crippen molar-refractivity contribution < 1.29 is 56.4 Å². The second-order valence-corrected chi connectivity index (χ2v) is 18.2. The van der Waals surface area contributed by atoms with Crippen LogP contribution in [-0.4, -0.2) is 79.0 Å². The van der Waals surface area contributed by atoms with Gasteiger partial charge in [0.1, 0.15) is 0 Å². The molecule has 14 atom stereocenters. The highest BCUT2D eigenvalue weighted by Gasteiger charge is 2.72. The summed E-state index contributed by atoms with van der Waals surface area (Å²) in [7, 11) is 1.89. The van der Waals surface area contributed by atoms with Crippen LogP contribution in [0.25, 0.3) is 0 Å². The number of rotatable bonds is 10. The van der Waals surface area contributed by atoms with Gasteiger partial charge in [0.05, 0.1) is 6.61 Å². The Bertz CT molecular complexity index is 1380. The van der Waals surface area contributed by atoms with E-state index in [1.54, 1.807) is 6.92 Å². The van der Waals surface area contributed by atoms with Gasteiger partial charge in [-0.05, 0) is 109 Å². The van der Waals surface area contributed by atoms with Crippen LogP contribution in [-0.2, 0) is 43.2 Å². The standard InChI is InChI=1S/C39H60F3NO9/c1-23-12-14-29-25(3)36(6,48-33-37(29)27(23)16-19-35(5,47-33)50-51-37)44-21-11-9-8-10-20-43(7)22-26-30-15-13-24(2)28-17-18-34(4)46-32(38(28,30)52-49-34)45-31(26)39(40,41)42/h23-25,27-30,32-33H,8-22H2,1-7H3/t23-,24-,25-,27?,28?,29+,30+,32-,33+,34-,35+,36+,37-,38-/m1/s1. The topological polar surface area (TPSA) is 86.3 Å². The van der Waals surface area contributed by atoms with Crippen LogP contribution in [0.1, 0.15) is 119 Å². The minimum atomic E-state index is -4.64. The van der Waals surface area contributed by atoms with Gasteiger partial charge in [0, 0.05) is 43.1 Å². The first-order valence-corrected chi connectivity index (χ1v) is 20.1. The SMILES string of the molecule is C[C@@H]1CC[C@H]2C(CN(C)CCCCCCO[C@@]3(C)O[C@@H]4O[C@]5(C)CCC6[C@H](C)CC[C@@H]([C@H]3C)[C@]64OO5)=C(C(F)(F)F)O[C@@H]3O[C@@]4(C)CCC1[C@]32OO4. The van der Waals surface area contributed by atoms with Crippen LogP contribution in [0.5, 0.6) is 0 Å². The largest absolute Gasteiger partial charge is 0.456 e. The summed E-state index contributed by atoms with van der Waals surface area (Å²) in [6.07, 6.45) is 3.83. The van der Waals surface area contributed by atoms with E-state index in [2.05, 4.69) is 20.8 Å². The highest BCUT2D eigenvalue weighted by atomic mass is 19.4. The van der Waals surface area contributed by atoms with Gasteiger partial charge in [0.2, 0.25) is 23.6 Å². The van der Waals surface area contributed by atoms with Gasteiger partial charge in [-0.1, -0.05) is 33.6 Å². The van der Waals surface area contributed by atoms with Crippen LogP contribution >= 0.6 is 0 Å². The molecule has 52 heavy (non-hydrogen) atoms. The first-order valence-electron chi connectivity index (χ1n) is 20.1. The van der Waals surface area contributed by atoms with E-state index in [4.69, 9.17) is 43.2 Å². The van der Waals surface area contributed by atoms with Crippen molar-refractivity contribution in [3.05, 3.63) is 11.3 Å². The molecule has 10 rings (SSSR count). The van der Waals surface area contributed by atoms with Crippen molar-refractivity contribution >= 4 is 0 Å². The molecular weight excluding hydrogens is 683 g/mol. The lowest BCUT2D eigenvalue weighted by atomic mass is 9.57. The van der Waals surface area contributed by atoms with Crippen molar-refractivity contribution in [2.75, 3.05) is 26.7 Å². The van der Waals surface area contributed by atoms with E-state index in [1.807, 2.05) is 25.8 Å². The van der Waals surface area contributed by atoms with Crippen LogP contribution in [0.3, 0.4) is 0 Å². The molecule has 8 heterocycles. The zero-order chi connectivity index (χ0) is 36.9. The lowest BCUT2D eigenvalue weighted by Crippen LogP contribution is -2.72. The fourth-order valence-electron chi connectivity index (χ4n) is 11.6. The molecule has 0 N–H and O–H groups in total. The number of nitrogens with zero attached hydrogens (tertiary/aromatic N) is 1. The summed E-state index contributed by atoms with van der Waals surface area (Å²) in [5, 5.41) is 0. The minimum Gasteiger partial charge on any atom is -0.456 e. The monoisotopic (exact) mass is 743 g/mol. The van der Waals surface area contributed by atoms with Gasteiger partial charge in [-0.2, -0.15) is 13.2 Å². The molecule has 9 fully saturated rings. The van der Waals surface area contributed by atoms with E-state index in [-0.39, 0.29) is 35.8 Å². The summed E-state index contributed by atoms with van der Waals surface area (Å²) < 4.78 is 75.6. The van der Waals surface area contributed by atoms with E-state index in [9.17, 15) is 13.2 Å². The third-order valence-electron chi connectivity index (χ3n) is 14.7. The molecule has 0 aromatic carbocycles. The average molecular weight is 744 g/mol. The van der Waals surface area contributed by atoms with Crippen molar-refractivity contribution in [1.82, 2.24) is 4.90 Å². The van der Waals surface area contributed by atoms with Crippen molar-refractivity contribution in [3.8, 4) is 0 Å². The maximum absolute atomic E-state index is 14.6. The molecule has 8 aliphatic heterocycles. The second-order valence-electron chi connectivity index (χ2n) is 18.2. The average Bonchev–Trinajstić information content (AvgIpc) is 3.45. The molecule has 4 bridgehead atoms. The lowest BCUT2D eigenvalue weighted by molar-refractivity contribution is -0.585. The maximum Gasteiger partial charge on any atom is 0.449 e. The molecule has 13 heteroatoms. The first-order chi connectivity index (χ1) is 24.5. The molecule has 2 spiro atoms. The summed E-state index contributed by atoms with van der Waals surface area (Å²) in [5.41, 5.74) is -1.46. The van der Waals surface area contributed by atoms with Crippen LogP contribution in [0.2, 0.25) is 0 Å². The highest BCUT2D eigenvalue weighted by Crippen LogP contribution is 2.63. The Hall–Kier alpha value is -1.03. The van der Waals surface area contributed by atoms with Crippen LogP contribution < -0.4 is 0 Å². The van der Waals surface area contributed by atoms with Gasteiger partial charge < -0.3 is 28.6 Å². The van der Waals surface area contributed by atoms with Gasteiger partial charge in [-0.15, -0.1) is 0 Å². The number of hydrogen-bond acceptors (Lipinski definition) is 10. The quantitative estimate of drug-likeness (QED) is 0.162. The summed E-state index contributed by atoms with van der Waals surface area (Å²) in [5.74, 6) is -2.88. The van der Waals surface area contributed by atoms with Crippen molar-refractivity contribution in [1.29, 1.82) is 0 Å². The predicted octanol–water partition coefficient (Wildman–Crippen LogP) is 8.16. The second kappa shape index (κ2) is 13.3. The van der Waals surface area contributed by atoms with E-state index in [0.29, 0.717) is 37.8 Å². The third-order valence-corrected chi connectivity index (χ3v) is 14.7. The molecular formula is C39H60F3NO9. The van der Waals surface area contributed by atoms with Gasteiger partial charge in [-0.25, -0.2) is 19.6 Å². The van der Waals surface area contributed by atoms with Crippen LogP contribution in [0, 0.1) is 41.4 Å². The maximum atomic E-state index is 14.6.